The molecule has 0 bridgehead atoms. The highest BCUT2D eigenvalue weighted by Gasteiger charge is 1.79. The van der Waals surface area contributed by atoms with Crippen LogP contribution in [0.4, 0.5) is 0 Å². The Kier molecular flexibility index (Phi) is 4.67. The molecule has 0 radical (unpaired) electrons. The van der Waals surface area contributed by atoms with E-state index in [-0.39, 0.29) is 0 Å². The van der Waals surface area contributed by atoms with Crippen molar-refractivity contribution >= 4 is 0 Å². The van der Waals surface area contributed by atoms with E-state index in [4.69, 9.17) is 5.84 Å². The molecule has 58 valence electrons. The molecule has 0 aromatic carbocycles. The lowest BCUT2D eigenvalue weighted by atomic mass is 10.2. The second-order valence-corrected chi connectivity index (χ2v) is 2.64. The average molecular weight is 140 g/mol. The van der Waals surface area contributed by atoms with Crippen LogP contribution in [0.3, 0.4) is 0 Å². The van der Waals surface area contributed by atoms with Crippen molar-refractivity contribution in [3.8, 4) is 0 Å². The van der Waals surface area contributed by atoms with Crippen molar-refractivity contribution in [3.05, 3.63) is 24.4 Å². The van der Waals surface area contributed by atoms with Gasteiger partial charge in [-0.2, -0.15) is 0 Å². The fraction of sp³-hybridized carbons (Fsp3) is 0.500. The van der Waals surface area contributed by atoms with Gasteiger partial charge in [0.05, 0.1) is 0 Å². The maximum absolute atomic E-state index is 5.32. The Morgan fingerprint density at radius 1 is 1.30 bits per heavy atom. The molecule has 0 atom stereocenters. The van der Waals surface area contributed by atoms with Gasteiger partial charge in [0.2, 0.25) is 0 Å². The van der Waals surface area contributed by atoms with Crippen molar-refractivity contribution in [1.29, 1.82) is 0 Å². The lowest BCUT2D eigenvalue weighted by Gasteiger charge is -2.00. The van der Waals surface area contributed by atoms with E-state index in [1.165, 1.54) is 5.01 Å². The van der Waals surface area contributed by atoms with Crippen LogP contribution >= 0.6 is 0 Å². The molecule has 0 saturated heterocycles. The lowest BCUT2D eigenvalue weighted by Crippen LogP contribution is -2.17. The van der Waals surface area contributed by atoms with E-state index < -0.39 is 0 Å². The van der Waals surface area contributed by atoms with E-state index in [2.05, 4.69) is 19.9 Å². The van der Waals surface area contributed by atoms with Crippen molar-refractivity contribution in [2.24, 2.45) is 11.8 Å². The van der Waals surface area contributed by atoms with Gasteiger partial charge in [-0.05, 0) is 12.0 Å². The molecule has 10 heavy (non-hydrogen) atoms. The summed E-state index contributed by atoms with van der Waals surface area (Å²) in [6.07, 6.45) is 7.83. The van der Waals surface area contributed by atoms with Gasteiger partial charge in [-0.3, -0.25) is 0 Å². The van der Waals surface area contributed by atoms with Gasteiger partial charge in [-0.1, -0.05) is 26.0 Å². The fourth-order valence-corrected chi connectivity index (χ4v) is 0.472. The summed E-state index contributed by atoms with van der Waals surface area (Å²) in [7, 11) is 1.79. The zero-order chi connectivity index (χ0) is 7.98. The first kappa shape index (κ1) is 9.24. The fourth-order valence-electron chi connectivity index (χ4n) is 0.472. The van der Waals surface area contributed by atoms with Crippen molar-refractivity contribution < 1.29 is 0 Å². The first-order valence-electron chi connectivity index (χ1n) is 3.45. The Balaban J connectivity index is 3.52. The van der Waals surface area contributed by atoms with Gasteiger partial charge in [0, 0.05) is 13.2 Å². The normalized spacial score (nSPS) is 12.1. The number of nitrogens with two attached hydrogens (primary N) is 1. The third kappa shape index (κ3) is 7.24. The second kappa shape index (κ2) is 5.06. The Labute approximate surface area is 63.0 Å². The van der Waals surface area contributed by atoms with Gasteiger partial charge in [-0.15, -0.1) is 0 Å². The van der Waals surface area contributed by atoms with Crippen molar-refractivity contribution in [3.63, 3.8) is 0 Å². The molecule has 0 rings (SSSR count). The van der Waals surface area contributed by atoms with Crippen LogP contribution in [-0.4, -0.2) is 12.1 Å². The molecule has 0 aliphatic carbocycles. The van der Waals surface area contributed by atoms with Crippen LogP contribution in [0.5, 0.6) is 0 Å². The molecule has 0 aliphatic heterocycles. The Morgan fingerprint density at radius 3 is 2.30 bits per heavy atom. The average Bonchev–Trinajstić information content (AvgIpc) is 1.79. The van der Waals surface area contributed by atoms with E-state index in [0.717, 1.165) is 0 Å². The van der Waals surface area contributed by atoms with Crippen LogP contribution in [0.25, 0.3) is 0 Å². The molecule has 0 spiro atoms. The van der Waals surface area contributed by atoms with Crippen LogP contribution in [0, 0.1) is 5.92 Å². The number of nitrogens with zero attached hydrogens (tertiary/aromatic N) is 1. The van der Waals surface area contributed by atoms with Gasteiger partial charge < -0.3 is 5.01 Å². The molecular formula is C8H16N2. The Morgan fingerprint density at radius 2 is 1.90 bits per heavy atom. The monoisotopic (exact) mass is 140 g/mol. The highest BCUT2D eigenvalue weighted by molar-refractivity contribution is 5.02. The third-order valence-corrected chi connectivity index (χ3v) is 0.928. The SMILES string of the molecule is CC(C)/C=C/C=C\N(C)N. The zero-order valence-electron chi connectivity index (χ0n) is 6.91. The molecule has 0 amide bonds. The van der Waals surface area contributed by atoms with Crippen LogP contribution in [-0.2, 0) is 0 Å². The van der Waals surface area contributed by atoms with E-state index in [0.29, 0.717) is 5.92 Å². The maximum Gasteiger partial charge on any atom is 0.0222 e. The van der Waals surface area contributed by atoms with Crippen LogP contribution in [0.2, 0.25) is 0 Å². The highest BCUT2D eigenvalue weighted by Crippen LogP contribution is 1.92. The van der Waals surface area contributed by atoms with Gasteiger partial charge in [-0.25, -0.2) is 5.84 Å². The van der Waals surface area contributed by atoms with Crippen LogP contribution in [0.1, 0.15) is 13.8 Å². The smallest absolute Gasteiger partial charge is 0.0222 e. The summed E-state index contributed by atoms with van der Waals surface area (Å²) < 4.78 is 0. The molecule has 0 aromatic heterocycles. The van der Waals surface area contributed by atoms with E-state index >= 15 is 0 Å². The highest BCUT2D eigenvalue weighted by atomic mass is 15.4. The molecule has 0 heterocycles. The van der Waals surface area contributed by atoms with E-state index in [1.54, 1.807) is 13.2 Å². The first-order chi connectivity index (χ1) is 4.63. The molecular weight excluding hydrogens is 124 g/mol. The summed E-state index contributed by atoms with van der Waals surface area (Å²) in [6, 6.07) is 0. The summed E-state index contributed by atoms with van der Waals surface area (Å²) in [5.41, 5.74) is 0. The number of allylic oxidation sites excluding steroid dienone is 3. The number of rotatable bonds is 3. The first-order valence-corrected chi connectivity index (χ1v) is 3.45. The summed E-state index contributed by atoms with van der Waals surface area (Å²) in [5.74, 6) is 5.93. The van der Waals surface area contributed by atoms with Crippen molar-refractivity contribution in [1.82, 2.24) is 5.01 Å². The number of hydrogen-bond donors (Lipinski definition) is 1. The minimum absolute atomic E-state index is 0.604. The van der Waals surface area contributed by atoms with Crippen molar-refractivity contribution in [2.75, 3.05) is 7.05 Å². The Bertz CT molecular complexity index is 107. The standard InChI is InChI=1S/C8H16N2/c1-8(2)6-4-5-7-10(3)9/h4-8H,9H2,1-3H3/b6-4+,7-5-. The third-order valence-electron chi connectivity index (χ3n) is 0.928. The molecule has 2 nitrogen and oxygen atoms in total. The second-order valence-electron chi connectivity index (χ2n) is 2.64. The predicted octanol–water partition coefficient (Wildman–Crippen LogP) is 1.52. The number of hydrazine groups is 1. The van der Waals surface area contributed by atoms with Gasteiger partial charge >= 0.3 is 0 Å². The van der Waals surface area contributed by atoms with Gasteiger partial charge in [0.1, 0.15) is 0 Å². The minimum atomic E-state index is 0.604. The molecule has 0 aliphatic rings. The molecule has 0 saturated carbocycles. The van der Waals surface area contributed by atoms with Gasteiger partial charge in [0.25, 0.3) is 0 Å². The molecule has 0 aromatic rings. The van der Waals surface area contributed by atoms with Crippen molar-refractivity contribution in [2.45, 2.75) is 13.8 Å². The lowest BCUT2D eigenvalue weighted by molar-refractivity contribution is 0.485. The van der Waals surface area contributed by atoms with Crippen LogP contribution in [0.15, 0.2) is 24.4 Å². The number of hydrogen-bond acceptors (Lipinski definition) is 2. The molecule has 0 unspecified atom stereocenters. The van der Waals surface area contributed by atoms with Gasteiger partial charge in [0.15, 0.2) is 0 Å². The topological polar surface area (TPSA) is 29.3 Å². The largest absolute Gasteiger partial charge is 0.321 e. The van der Waals surface area contributed by atoms with Crippen LogP contribution < -0.4 is 5.84 Å². The molecule has 0 fully saturated rings. The van der Waals surface area contributed by atoms with E-state index in [1.807, 2.05) is 12.2 Å². The molecule has 2 heteroatoms. The summed E-state index contributed by atoms with van der Waals surface area (Å²) in [4.78, 5) is 0. The summed E-state index contributed by atoms with van der Waals surface area (Å²) in [6.45, 7) is 4.27. The molecule has 2 N–H and O–H groups in total. The van der Waals surface area contributed by atoms with E-state index in [9.17, 15) is 0 Å². The summed E-state index contributed by atoms with van der Waals surface area (Å²) >= 11 is 0. The summed E-state index contributed by atoms with van der Waals surface area (Å²) in [5, 5.41) is 1.52. The zero-order valence-corrected chi connectivity index (χ0v) is 6.91. The maximum atomic E-state index is 5.32. The quantitative estimate of drug-likeness (QED) is 0.366. The minimum Gasteiger partial charge on any atom is -0.321 e. The predicted molar refractivity (Wildman–Crippen MR) is 45.1 cm³/mol. The Hall–Kier alpha value is -0.760.